The smallest absolute Gasteiger partial charge is 0.416 e. The first kappa shape index (κ1) is 34.0. The van der Waals surface area contributed by atoms with Crippen molar-refractivity contribution in [1.29, 1.82) is 0 Å². The third-order valence-corrected chi connectivity index (χ3v) is 9.49. The van der Waals surface area contributed by atoms with Crippen molar-refractivity contribution in [2.24, 2.45) is 0 Å². The van der Waals surface area contributed by atoms with Crippen LogP contribution in [0.2, 0.25) is 0 Å². The van der Waals surface area contributed by atoms with E-state index in [9.17, 15) is 37.5 Å². The van der Waals surface area contributed by atoms with Crippen LogP contribution < -0.4 is 26.2 Å². The maximum atomic E-state index is 14.1. The molecule has 7 rings (SSSR count). The van der Waals surface area contributed by atoms with Gasteiger partial charge in [-0.05, 0) is 42.5 Å². The maximum absolute atomic E-state index is 14.1. The van der Waals surface area contributed by atoms with Crippen LogP contribution in [0.4, 0.5) is 30.5 Å². The normalized spacial score (nSPS) is 15.7. The van der Waals surface area contributed by atoms with Gasteiger partial charge < -0.3 is 34.4 Å². The number of ether oxygens (including phenoxy) is 1. The van der Waals surface area contributed by atoms with Gasteiger partial charge in [-0.3, -0.25) is 23.7 Å². The van der Waals surface area contributed by atoms with Crippen LogP contribution in [0.15, 0.2) is 21.7 Å². The Balaban J connectivity index is 1.18. The Hall–Kier alpha value is -5.46. The number of hydrogen-bond donors (Lipinski definition) is 2. The summed E-state index contributed by atoms with van der Waals surface area (Å²) in [7, 11) is 3.40. The molecule has 270 valence electrons. The highest BCUT2D eigenvalue weighted by Gasteiger charge is 2.37. The second kappa shape index (κ2) is 12.7. The number of piperazine rings is 1. The molecule has 5 heterocycles. The lowest BCUT2D eigenvalue weighted by atomic mass is 9.83. The molecule has 19 heteroatoms. The summed E-state index contributed by atoms with van der Waals surface area (Å²) in [6.07, 6.45) is -3.53. The van der Waals surface area contributed by atoms with E-state index in [1.807, 2.05) is 6.92 Å². The minimum absolute atomic E-state index is 0.0283. The number of nitrogens with zero attached hydrogens (tertiary/aromatic N) is 9. The van der Waals surface area contributed by atoms with E-state index in [1.54, 1.807) is 28.5 Å². The van der Waals surface area contributed by atoms with Crippen molar-refractivity contribution in [2.45, 2.75) is 52.1 Å². The molecule has 1 aromatic carbocycles. The molecule has 1 aliphatic carbocycles. The van der Waals surface area contributed by atoms with E-state index in [2.05, 4.69) is 20.4 Å². The molecule has 2 N–H and O–H groups in total. The molecule has 0 saturated carbocycles. The molecule has 0 atom stereocenters. The van der Waals surface area contributed by atoms with Crippen molar-refractivity contribution in [3.05, 3.63) is 66.7 Å². The maximum Gasteiger partial charge on any atom is 0.416 e. The number of nitrogens with one attached hydrogen (secondary N) is 1. The Labute approximate surface area is 287 Å². The van der Waals surface area contributed by atoms with Crippen molar-refractivity contribution >= 4 is 34.9 Å². The van der Waals surface area contributed by atoms with Crippen LogP contribution in [-0.2, 0) is 54.7 Å². The number of anilines is 3. The Morgan fingerprint density at radius 3 is 2.39 bits per heavy atom. The van der Waals surface area contributed by atoms with Gasteiger partial charge in [-0.2, -0.15) is 22.7 Å². The van der Waals surface area contributed by atoms with Crippen LogP contribution in [0.1, 0.15) is 45.6 Å². The molecule has 2 aliphatic heterocycles. The topological polar surface area (TPSA) is 172 Å². The minimum atomic E-state index is -4.49. The lowest BCUT2D eigenvalue weighted by molar-refractivity contribution is -0.138. The largest absolute Gasteiger partial charge is 0.501 e. The molecular formula is C32H35F3N10O6. The summed E-state index contributed by atoms with van der Waals surface area (Å²) in [4.78, 5) is 67.4. The summed E-state index contributed by atoms with van der Waals surface area (Å²) in [5.74, 6) is -1.32. The number of halogens is 3. The van der Waals surface area contributed by atoms with Crippen LogP contribution in [-0.4, -0.2) is 97.4 Å². The zero-order valence-corrected chi connectivity index (χ0v) is 28.1. The number of hydrogen-bond acceptors (Lipinski definition) is 11. The van der Waals surface area contributed by atoms with E-state index in [0.29, 0.717) is 29.8 Å². The van der Waals surface area contributed by atoms with Gasteiger partial charge in [-0.15, -0.1) is 5.10 Å². The number of fused-ring (bicyclic) bond motifs is 3. The molecule has 4 aromatic rings. The number of benzene rings is 1. The summed E-state index contributed by atoms with van der Waals surface area (Å²) in [6, 6.07) is 2.24. The van der Waals surface area contributed by atoms with E-state index in [-0.39, 0.29) is 93.4 Å². The molecule has 3 aliphatic rings. The fraction of sp³-hybridized carbons (Fsp3) is 0.469. The summed E-state index contributed by atoms with van der Waals surface area (Å²) in [5.41, 5.74) is -0.618. The lowest BCUT2D eigenvalue weighted by Gasteiger charge is -2.36. The molecule has 16 nitrogen and oxygen atoms in total. The number of amides is 2. The van der Waals surface area contributed by atoms with Gasteiger partial charge in [0, 0.05) is 46.0 Å². The van der Waals surface area contributed by atoms with Crippen molar-refractivity contribution < 1.29 is 32.6 Å². The van der Waals surface area contributed by atoms with E-state index < -0.39 is 40.4 Å². The minimum Gasteiger partial charge on any atom is -0.501 e. The number of carbonyl (C=O) groups is 2. The third kappa shape index (κ3) is 5.83. The molecule has 2 amide bonds. The Bertz CT molecular complexity index is 2200. The molecule has 0 unspecified atom stereocenters. The zero-order valence-electron chi connectivity index (χ0n) is 28.1. The molecule has 0 spiro atoms. The van der Waals surface area contributed by atoms with Gasteiger partial charge in [0.2, 0.25) is 23.4 Å². The number of carbonyl (C=O) groups excluding carboxylic acids is 2. The van der Waals surface area contributed by atoms with Gasteiger partial charge >= 0.3 is 6.18 Å². The predicted octanol–water partition coefficient (Wildman–Crippen LogP) is 1.03. The van der Waals surface area contributed by atoms with Crippen LogP contribution >= 0.6 is 0 Å². The quantitative estimate of drug-likeness (QED) is 0.280. The number of rotatable bonds is 7. The Kier molecular flexibility index (Phi) is 8.47. The predicted molar refractivity (Wildman–Crippen MR) is 176 cm³/mol. The average Bonchev–Trinajstić information content (AvgIpc) is 3.54. The van der Waals surface area contributed by atoms with E-state index in [1.165, 1.54) is 15.5 Å². The van der Waals surface area contributed by atoms with Crippen molar-refractivity contribution in [2.75, 3.05) is 62.0 Å². The summed E-state index contributed by atoms with van der Waals surface area (Å²) < 4.78 is 49.8. The van der Waals surface area contributed by atoms with Crippen LogP contribution in [0.3, 0.4) is 0 Å². The molecular weight excluding hydrogens is 677 g/mol. The summed E-state index contributed by atoms with van der Waals surface area (Å²) >= 11 is 0. The van der Waals surface area contributed by atoms with Gasteiger partial charge in [0.05, 0.1) is 24.4 Å². The van der Waals surface area contributed by atoms with Gasteiger partial charge in [-0.1, -0.05) is 6.92 Å². The fourth-order valence-electron chi connectivity index (χ4n) is 6.84. The number of aromatic hydroxyl groups is 1. The second-order valence-corrected chi connectivity index (χ2v) is 12.7. The van der Waals surface area contributed by atoms with Crippen LogP contribution in [0, 0.1) is 0 Å². The van der Waals surface area contributed by atoms with Crippen molar-refractivity contribution in [3.63, 3.8) is 0 Å². The van der Waals surface area contributed by atoms with Crippen molar-refractivity contribution in [3.8, 4) is 5.75 Å². The lowest BCUT2D eigenvalue weighted by Crippen LogP contribution is -2.51. The molecule has 3 aromatic heterocycles. The SMILES string of the molecule is CCc1c(N2CCN(C(=O)c3nc4n(c(=O)c3O)CCOC4)CC2)c(=O)n2nc(N(C)C)nc2n1CC(=O)Nc1ccc(C(F)(F)F)c2c1CC2. The molecule has 1 saturated heterocycles. The molecule has 51 heavy (non-hydrogen) atoms. The first-order chi connectivity index (χ1) is 24.3. The van der Waals surface area contributed by atoms with E-state index in [4.69, 9.17) is 4.74 Å². The monoisotopic (exact) mass is 712 g/mol. The van der Waals surface area contributed by atoms with E-state index in [0.717, 1.165) is 10.6 Å². The zero-order chi connectivity index (χ0) is 36.4. The highest BCUT2D eigenvalue weighted by atomic mass is 19.4. The average molecular weight is 713 g/mol. The van der Waals surface area contributed by atoms with Gasteiger partial charge in [0.1, 0.15) is 24.7 Å². The molecule has 1 fully saturated rings. The standard InChI is InChI=1S/C32H35F3N10O6/c1-4-21-25(41-9-11-42(12-10-41)27(48)24-26(47)29(50)43-13-14-51-16-22(43)37-24)28(49)45-31(38-30(39-45)40(2)3)44(21)15-23(46)36-20-8-7-19(32(33,34)35)17-5-6-18(17)20/h7-8,47H,4-6,9-16H2,1-3H3,(H,36,46). The highest BCUT2D eigenvalue weighted by molar-refractivity contribution is 5.95. The third-order valence-electron chi connectivity index (χ3n) is 9.49. The summed E-state index contributed by atoms with van der Waals surface area (Å²) in [6.45, 7) is 2.64. The van der Waals surface area contributed by atoms with Crippen LogP contribution in [0.5, 0.6) is 5.75 Å². The Morgan fingerprint density at radius 2 is 1.75 bits per heavy atom. The molecule has 0 radical (unpaired) electrons. The first-order valence-corrected chi connectivity index (χ1v) is 16.4. The second-order valence-electron chi connectivity index (χ2n) is 12.7. The van der Waals surface area contributed by atoms with E-state index >= 15 is 0 Å². The van der Waals surface area contributed by atoms with Crippen LogP contribution in [0.25, 0.3) is 5.78 Å². The van der Waals surface area contributed by atoms with Gasteiger partial charge in [-0.25, -0.2) is 4.98 Å². The molecule has 0 bridgehead atoms. The fourth-order valence-corrected chi connectivity index (χ4v) is 6.84. The number of aromatic nitrogens is 6. The summed E-state index contributed by atoms with van der Waals surface area (Å²) in [5, 5.41) is 17.7. The Morgan fingerprint density at radius 1 is 1.02 bits per heavy atom. The van der Waals surface area contributed by atoms with Gasteiger partial charge in [0.15, 0.2) is 5.69 Å². The highest BCUT2D eigenvalue weighted by Crippen LogP contribution is 2.41. The van der Waals surface area contributed by atoms with Gasteiger partial charge in [0.25, 0.3) is 17.0 Å². The van der Waals surface area contributed by atoms with Crippen molar-refractivity contribution in [1.82, 2.24) is 33.6 Å². The first-order valence-electron chi connectivity index (χ1n) is 16.4. The number of alkyl halides is 3.